The predicted octanol–water partition coefficient (Wildman–Crippen LogP) is -0.905. The quantitative estimate of drug-likeness (QED) is 0.679. The van der Waals surface area contributed by atoms with Crippen LogP contribution in [0, 0.1) is 0 Å². The van der Waals surface area contributed by atoms with E-state index in [-0.39, 0.29) is 18.1 Å². The van der Waals surface area contributed by atoms with Gasteiger partial charge in [0.1, 0.15) is 11.6 Å². The fourth-order valence-electron chi connectivity index (χ4n) is 2.01. The van der Waals surface area contributed by atoms with E-state index in [9.17, 15) is 18.0 Å². The second kappa shape index (κ2) is 5.82. The molecule has 2 N–H and O–H groups in total. The van der Waals surface area contributed by atoms with Crippen molar-refractivity contribution in [3.8, 4) is 0 Å². The molecule has 1 fully saturated rings. The summed E-state index contributed by atoms with van der Waals surface area (Å²) in [4.78, 5) is 24.9. The number of ether oxygens (including phenoxy) is 1. The molecule has 10 heteroatoms. The third-order valence-electron chi connectivity index (χ3n) is 3.09. The Morgan fingerprint density at radius 2 is 2.33 bits per heavy atom. The van der Waals surface area contributed by atoms with Crippen LogP contribution in [-0.4, -0.2) is 61.6 Å². The third kappa shape index (κ3) is 3.05. The number of esters is 1. The van der Waals surface area contributed by atoms with Gasteiger partial charge in [0.15, 0.2) is 5.03 Å². The van der Waals surface area contributed by atoms with Gasteiger partial charge in [0.05, 0.1) is 12.8 Å². The molecule has 0 aliphatic carbocycles. The minimum atomic E-state index is -4.07. The Bertz CT molecular complexity index is 653. The average Bonchev–Trinajstić information content (AvgIpc) is 3.02. The van der Waals surface area contributed by atoms with Crippen LogP contribution in [0.5, 0.6) is 0 Å². The van der Waals surface area contributed by atoms with Gasteiger partial charge in [-0.2, -0.15) is 9.82 Å². The number of nitrogens with one attached hydrogen (secondary N) is 2. The number of hydrogen-bond acceptors (Lipinski definition) is 6. The summed E-state index contributed by atoms with van der Waals surface area (Å²) < 4.78 is 31.6. The van der Waals surface area contributed by atoms with Gasteiger partial charge in [-0.3, -0.25) is 9.89 Å². The number of carbonyl (C=O) groups is 2. The maximum atomic E-state index is 12.3. The second-order valence-electron chi connectivity index (χ2n) is 4.56. The van der Waals surface area contributed by atoms with Crippen molar-refractivity contribution in [2.75, 3.05) is 20.2 Å². The van der Waals surface area contributed by atoms with Crippen molar-refractivity contribution < 1.29 is 22.7 Å². The number of nitrogens with zero attached hydrogens (tertiary/aromatic N) is 2. The van der Waals surface area contributed by atoms with E-state index < -0.39 is 27.1 Å². The van der Waals surface area contributed by atoms with Crippen molar-refractivity contribution in [1.82, 2.24) is 19.8 Å². The summed E-state index contributed by atoms with van der Waals surface area (Å²) in [6, 6.07) is -0.835. The Morgan fingerprint density at radius 1 is 1.62 bits per heavy atom. The van der Waals surface area contributed by atoms with Gasteiger partial charge < -0.3 is 9.64 Å². The molecule has 21 heavy (non-hydrogen) atoms. The Balaban J connectivity index is 2.23. The molecule has 0 bridgehead atoms. The third-order valence-corrected chi connectivity index (χ3v) is 4.54. The van der Waals surface area contributed by atoms with Gasteiger partial charge in [-0.25, -0.2) is 13.2 Å². The van der Waals surface area contributed by atoms with Crippen LogP contribution in [0.15, 0.2) is 11.2 Å². The minimum absolute atomic E-state index is 0.114. The second-order valence-corrected chi connectivity index (χ2v) is 6.21. The number of likely N-dealkylation sites (N-methyl/N-ethyl adjacent to an activating group) is 1. The smallest absolute Gasteiger partial charge is 0.342 e. The van der Waals surface area contributed by atoms with Crippen molar-refractivity contribution in [3.63, 3.8) is 0 Å². The minimum Gasteiger partial charge on any atom is -0.462 e. The highest BCUT2D eigenvalue weighted by molar-refractivity contribution is 7.89. The number of carbonyl (C=O) groups excluding carboxylic acids is 2. The van der Waals surface area contributed by atoms with Crippen LogP contribution in [0.3, 0.4) is 0 Å². The summed E-state index contributed by atoms with van der Waals surface area (Å²) in [7, 11) is -2.47. The summed E-state index contributed by atoms with van der Waals surface area (Å²) in [5, 5.41) is 5.42. The van der Waals surface area contributed by atoms with Gasteiger partial charge in [0.25, 0.3) is 10.0 Å². The zero-order chi connectivity index (χ0) is 15.6. The summed E-state index contributed by atoms with van der Waals surface area (Å²) in [5.41, 5.74) is -0.192. The zero-order valence-corrected chi connectivity index (χ0v) is 12.4. The number of sulfonamides is 1. The Labute approximate surface area is 121 Å². The molecule has 0 spiro atoms. The SMILES string of the molecule is CCOC(=O)c1cn[nH]c1S(=O)(=O)NC1CCN(C)C1=O. The molecule has 1 aliphatic heterocycles. The Morgan fingerprint density at radius 3 is 2.90 bits per heavy atom. The molecule has 1 saturated heterocycles. The van der Waals surface area contributed by atoms with Crippen molar-refractivity contribution in [2.24, 2.45) is 0 Å². The van der Waals surface area contributed by atoms with E-state index in [1.807, 2.05) is 0 Å². The lowest BCUT2D eigenvalue weighted by molar-refractivity contribution is -0.127. The van der Waals surface area contributed by atoms with E-state index in [4.69, 9.17) is 4.74 Å². The van der Waals surface area contributed by atoms with Crippen LogP contribution in [0.2, 0.25) is 0 Å². The fourth-order valence-corrected chi connectivity index (χ4v) is 3.32. The molecular formula is C11H16N4O5S. The van der Waals surface area contributed by atoms with Crippen LogP contribution in [0.25, 0.3) is 0 Å². The topological polar surface area (TPSA) is 121 Å². The molecule has 116 valence electrons. The van der Waals surface area contributed by atoms with Crippen LogP contribution in [0.1, 0.15) is 23.7 Å². The summed E-state index contributed by atoms with van der Waals surface area (Å²) in [5.74, 6) is -1.10. The molecule has 0 saturated carbocycles. The van der Waals surface area contributed by atoms with Crippen LogP contribution in [-0.2, 0) is 19.6 Å². The number of hydrogen-bond donors (Lipinski definition) is 2. The molecular weight excluding hydrogens is 300 g/mol. The summed E-state index contributed by atoms with van der Waals surface area (Å²) >= 11 is 0. The maximum absolute atomic E-state index is 12.3. The predicted molar refractivity (Wildman–Crippen MR) is 70.9 cm³/mol. The molecule has 1 aromatic heterocycles. The first-order chi connectivity index (χ1) is 9.86. The Hall–Kier alpha value is -1.94. The van der Waals surface area contributed by atoms with E-state index >= 15 is 0 Å². The van der Waals surface area contributed by atoms with E-state index in [0.717, 1.165) is 6.20 Å². The number of rotatable bonds is 5. The number of aromatic nitrogens is 2. The lowest BCUT2D eigenvalue weighted by Gasteiger charge is -2.12. The maximum Gasteiger partial charge on any atom is 0.342 e. The lowest BCUT2D eigenvalue weighted by Crippen LogP contribution is -2.41. The first-order valence-electron chi connectivity index (χ1n) is 6.34. The van der Waals surface area contributed by atoms with E-state index in [1.54, 1.807) is 14.0 Å². The first-order valence-corrected chi connectivity index (χ1v) is 7.83. The molecule has 1 aliphatic rings. The van der Waals surface area contributed by atoms with Crippen molar-refractivity contribution >= 4 is 21.9 Å². The highest BCUT2D eigenvalue weighted by atomic mass is 32.2. The molecule has 1 aromatic rings. The van der Waals surface area contributed by atoms with Gasteiger partial charge in [0.2, 0.25) is 5.91 Å². The fraction of sp³-hybridized carbons (Fsp3) is 0.545. The first kappa shape index (κ1) is 15.4. The molecule has 0 radical (unpaired) electrons. The van der Waals surface area contributed by atoms with E-state index in [1.165, 1.54) is 4.90 Å². The van der Waals surface area contributed by atoms with Crippen molar-refractivity contribution in [3.05, 3.63) is 11.8 Å². The number of H-pyrrole nitrogens is 1. The van der Waals surface area contributed by atoms with Gasteiger partial charge in [-0.05, 0) is 13.3 Å². The lowest BCUT2D eigenvalue weighted by atomic mass is 10.3. The zero-order valence-electron chi connectivity index (χ0n) is 11.6. The monoisotopic (exact) mass is 316 g/mol. The van der Waals surface area contributed by atoms with Crippen LogP contribution in [0.4, 0.5) is 0 Å². The summed E-state index contributed by atoms with van der Waals surface area (Å²) in [6.45, 7) is 2.19. The van der Waals surface area contributed by atoms with E-state index in [2.05, 4.69) is 14.9 Å². The standard InChI is InChI=1S/C11H16N4O5S/c1-3-20-11(17)7-6-12-13-9(7)21(18,19)14-8-4-5-15(2)10(8)16/h6,8,14H,3-5H2,1-2H3,(H,12,13). The molecule has 1 atom stereocenters. The molecule has 9 nitrogen and oxygen atoms in total. The van der Waals surface area contributed by atoms with Crippen LogP contribution < -0.4 is 4.72 Å². The highest BCUT2D eigenvalue weighted by Crippen LogP contribution is 2.16. The largest absolute Gasteiger partial charge is 0.462 e. The summed E-state index contributed by atoms with van der Waals surface area (Å²) in [6.07, 6.45) is 1.45. The molecule has 2 rings (SSSR count). The van der Waals surface area contributed by atoms with Crippen molar-refractivity contribution in [1.29, 1.82) is 0 Å². The van der Waals surface area contributed by atoms with E-state index in [0.29, 0.717) is 13.0 Å². The highest BCUT2D eigenvalue weighted by Gasteiger charge is 2.35. The van der Waals surface area contributed by atoms with Crippen molar-refractivity contribution in [2.45, 2.75) is 24.4 Å². The molecule has 2 heterocycles. The normalized spacial score (nSPS) is 19.0. The number of amides is 1. The van der Waals surface area contributed by atoms with Gasteiger partial charge >= 0.3 is 5.97 Å². The molecule has 1 unspecified atom stereocenters. The van der Waals surface area contributed by atoms with Gasteiger partial charge in [-0.1, -0.05) is 0 Å². The molecule has 0 aromatic carbocycles. The molecule has 1 amide bonds. The van der Waals surface area contributed by atoms with Gasteiger partial charge in [-0.15, -0.1) is 0 Å². The van der Waals surface area contributed by atoms with Crippen LogP contribution >= 0.6 is 0 Å². The number of likely N-dealkylation sites (tertiary alicyclic amines) is 1. The Kier molecular flexibility index (Phi) is 4.28. The average molecular weight is 316 g/mol. The van der Waals surface area contributed by atoms with Gasteiger partial charge in [0, 0.05) is 13.6 Å². The number of aromatic amines is 1.